The molecule has 12 nitrogen and oxygen atoms in total. The van der Waals surface area contributed by atoms with Crippen molar-refractivity contribution in [3.8, 4) is 0 Å². The molecule has 1 aliphatic rings. The first-order valence-corrected chi connectivity index (χ1v) is 18.7. The summed E-state index contributed by atoms with van der Waals surface area (Å²) >= 11 is 0. The molecular formula is C33H38N6O6S2. The van der Waals surface area contributed by atoms with E-state index in [9.17, 15) is 21.6 Å². The maximum absolute atomic E-state index is 13.6. The molecule has 3 aromatic heterocycles. The van der Waals surface area contributed by atoms with Crippen molar-refractivity contribution in [1.82, 2.24) is 27.7 Å². The highest BCUT2D eigenvalue weighted by Gasteiger charge is 2.33. The van der Waals surface area contributed by atoms with Gasteiger partial charge < -0.3 is 9.30 Å². The first-order chi connectivity index (χ1) is 22.2. The van der Waals surface area contributed by atoms with Gasteiger partial charge in [0.1, 0.15) is 16.9 Å². The average Bonchev–Trinajstić information content (AvgIpc) is 3.62. The lowest BCUT2D eigenvalue weighted by molar-refractivity contribution is 0.0377. The summed E-state index contributed by atoms with van der Waals surface area (Å²) in [4.78, 5) is 25.0. The van der Waals surface area contributed by atoms with Crippen LogP contribution in [0.1, 0.15) is 51.0 Å². The summed E-state index contributed by atoms with van der Waals surface area (Å²) in [6, 6.07) is 19.9. The van der Waals surface area contributed by atoms with Crippen molar-refractivity contribution in [2.45, 2.75) is 63.2 Å². The fourth-order valence-electron chi connectivity index (χ4n) is 6.04. The van der Waals surface area contributed by atoms with Crippen LogP contribution in [0.25, 0.3) is 22.1 Å². The standard InChI is InChI=1S/C33H38N6O6S2/c1-33(2,3)45-32(40)38(46(4,41)42)23-29-35-28-21-34-31-27(17-20-37(31)47(43,44)26-13-9-6-10-14-26)30(28)39(29)25-15-18-36(19-16-25)22-24-11-7-5-8-12-24/h5-14,17,20-21,25H,15-16,18-19,22-23H2,1-4H3. The van der Waals surface area contributed by atoms with E-state index in [1.807, 2.05) is 22.8 Å². The molecule has 248 valence electrons. The largest absolute Gasteiger partial charge is 0.443 e. The Balaban J connectivity index is 1.45. The van der Waals surface area contributed by atoms with E-state index >= 15 is 0 Å². The smallest absolute Gasteiger partial charge is 0.424 e. The molecule has 0 aliphatic carbocycles. The maximum Gasteiger partial charge on any atom is 0.424 e. The third kappa shape index (κ3) is 6.76. The van der Waals surface area contributed by atoms with Gasteiger partial charge >= 0.3 is 6.09 Å². The van der Waals surface area contributed by atoms with Crippen molar-refractivity contribution >= 4 is 48.2 Å². The second kappa shape index (κ2) is 12.4. The summed E-state index contributed by atoms with van der Waals surface area (Å²) in [6.45, 7) is 6.99. The van der Waals surface area contributed by atoms with E-state index in [0.29, 0.717) is 26.5 Å². The fourth-order valence-corrected chi connectivity index (χ4v) is 8.02. The zero-order valence-corrected chi connectivity index (χ0v) is 28.4. The Labute approximate surface area is 274 Å². The molecule has 1 saturated heterocycles. The Morgan fingerprint density at radius 2 is 1.60 bits per heavy atom. The van der Waals surface area contributed by atoms with Gasteiger partial charge in [-0.2, -0.15) is 4.31 Å². The van der Waals surface area contributed by atoms with Crippen LogP contribution < -0.4 is 0 Å². The third-order valence-electron chi connectivity index (χ3n) is 8.16. The van der Waals surface area contributed by atoms with Gasteiger partial charge in [0.25, 0.3) is 10.0 Å². The van der Waals surface area contributed by atoms with Gasteiger partial charge in [0.05, 0.1) is 29.4 Å². The highest BCUT2D eigenvalue weighted by atomic mass is 32.2. The van der Waals surface area contributed by atoms with E-state index < -0.39 is 31.7 Å². The number of carbonyl (C=O) groups excluding carboxylic acids is 1. The number of ether oxygens (including phenoxy) is 1. The van der Waals surface area contributed by atoms with Crippen LogP contribution in [0.2, 0.25) is 0 Å². The minimum Gasteiger partial charge on any atom is -0.443 e. The zero-order valence-electron chi connectivity index (χ0n) is 26.8. The molecule has 6 rings (SSSR count). The van der Waals surface area contributed by atoms with Gasteiger partial charge in [-0.1, -0.05) is 48.5 Å². The summed E-state index contributed by atoms with van der Waals surface area (Å²) in [7, 11) is -8.01. The summed E-state index contributed by atoms with van der Waals surface area (Å²) in [5.74, 6) is 0.339. The maximum atomic E-state index is 13.6. The minimum absolute atomic E-state index is 0.109. The highest BCUT2D eigenvalue weighted by Crippen LogP contribution is 2.35. The average molecular weight is 679 g/mol. The monoisotopic (exact) mass is 678 g/mol. The molecule has 0 N–H and O–H groups in total. The first-order valence-electron chi connectivity index (χ1n) is 15.4. The molecule has 0 unspecified atom stereocenters. The number of sulfonamides is 1. The molecule has 0 spiro atoms. The molecule has 0 atom stereocenters. The van der Waals surface area contributed by atoms with Crippen molar-refractivity contribution in [2.75, 3.05) is 19.3 Å². The molecule has 1 amide bonds. The number of benzene rings is 2. The molecule has 47 heavy (non-hydrogen) atoms. The topological polar surface area (TPSA) is 137 Å². The number of fused-ring (bicyclic) bond motifs is 3. The van der Waals surface area contributed by atoms with Crippen molar-refractivity contribution in [3.63, 3.8) is 0 Å². The number of hydrogen-bond donors (Lipinski definition) is 0. The van der Waals surface area contributed by atoms with Crippen LogP contribution in [-0.4, -0.2) is 75.6 Å². The summed E-state index contributed by atoms with van der Waals surface area (Å²) in [5, 5.41) is 0.552. The summed E-state index contributed by atoms with van der Waals surface area (Å²) in [5.41, 5.74) is 1.62. The number of aromatic nitrogens is 4. The van der Waals surface area contributed by atoms with Crippen molar-refractivity contribution in [2.24, 2.45) is 0 Å². The number of rotatable bonds is 8. The number of amides is 1. The van der Waals surface area contributed by atoms with E-state index in [1.54, 1.807) is 45.0 Å². The lowest BCUT2D eigenvalue weighted by Gasteiger charge is -2.34. The normalized spacial score (nSPS) is 15.3. The molecule has 0 saturated carbocycles. The number of pyridine rings is 1. The second-order valence-corrected chi connectivity index (χ2v) is 16.5. The number of piperidine rings is 1. The fraction of sp³-hybridized carbons (Fsp3) is 0.364. The van der Waals surface area contributed by atoms with E-state index in [0.717, 1.165) is 42.7 Å². The summed E-state index contributed by atoms with van der Waals surface area (Å²) in [6.07, 6.45) is 4.38. The molecule has 1 fully saturated rings. The highest BCUT2D eigenvalue weighted by molar-refractivity contribution is 7.90. The van der Waals surface area contributed by atoms with E-state index in [4.69, 9.17) is 9.72 Å². The van der Waals surface area contributed by atoms with Crippen LogP contribution in [0.3, 0.4) is 0 Å². The van der Waals surface area contributed by atoms with Crippen LogP contribution in [0.15, 0.2) is 84.0 Å². The zero-order chi connectivity index (χ0) is 33.6. The van der Waals surface area contributed by atoms with Gasteiger partial charge in [-0.05, 0) is 57.4 Å². The van der Waals surface area contributed by atoms with Gasteiger partial charge in [-0.15, -0.1) is 0 Å². The number of likely N-dealkylation sites (tertiary alicyclic amines) is 1. The molecular weight excluding hydrogens is 641 g/mol. The molecule has 1 aliphatic heterocycles. The Bertz CT molecular complexity index is 2130. The Kier molecular flexibility index (Phi) is 8.61. The van der Waals surface area contributed by atoms with Crippen LogP contribution in [0.5, 0.6) is 0 Å². The Hall–Kier alpha value is -4.27. The minimum atomic E-state index is -4.05. The number of carbonyl (C=O) groups is 1. The molecule has 5 aromatic rings. The van der Waals surface area contributed by atoms with Crippen LogP contribution in [-0.2, 0) is 37.9 Å². The predicted octanol–water partition coefficient (Wildman–Crippen LogP) is 5.16. The molecule has 14 heteroatoms. The third-order valence-corrected chi connectivity index (χ3v) is 10.9. The SMILES string of the molecule is CC(C)(C)OC(=O)N(Cc1nc2cnc3c(ccn3S(=O)(=O)c3ccccc3)c2n1C1CCN(Cc2ccccc2)CC1)S(C)(=O)=O. The molecule has 2 aromatic carbocycles. The Morgan fingerprint density at radius 1 is 0.957 bits per heavy atom. The van der Waals surface area contributed by atoms with E-state index in [2.05, 4.69) is 22.0 Å². The van der Waals surface area contributed by atoms with Gasteiger partial charge in [0, 0.05) is 37.3 Å². The van der Waals surface area contributed by atoms with E-state index in [1.165, 1.54) is 30.1 Å². The van der Waals surface area contributed by atoms with Crippen molar-refractivity contribution < 1.29 is 26.4 Å². The van der Waals surface area contributed by atoms with Crippen LogP contribution >= 0.6 is 0 Å². The van der Waals surface area contributed by atoms with Crippen LogP contribution in [0.4, 0.5) is 4.79 Å². The van der Waals surface area contributed by atoms with Crippen molar-refractivity contribution in [1.29, 1.82) is 0 Å². The van der Waals surface area contributed by atoms with Crippen molar-refractivity contribution in [3.05, 3.63) is 90.5 Å². The van der Waals surface area contributed by atoms with Gasteiger partial charge in [0.2, 0.25) is 10.0 Å². The van der Waals surface area contributed by atoms with Gasteiger partial charge in [-0.25, -0.2) is 35.6 Å². The van der Waals surface area contributed by atoms with Crippen LogP contribution in [0, 0.1) is 0 Å². The quantitative estimate of drug-likeness (QED) is 0.218. The lowest BCUT2D eigenvalue weighted by Crippen LogP contribution is -2.41. The predicted molar refractivity (Wildman–Crippen MR) is 179 cm³/mol. The molecule has 0 radical (unpaired) electrons. The second-order valence-electron chi connectivity index (χ2n) is 12.8. The molecule has 0 bridgehead atoms. The number of imidazole rings is 1. The lowest BCUT2D eigenvalue weighted by atomic mass is 10.0. The van der Waals surface area contributed by atoms with Gasteiger partial charge in [-0.3, -0.25) is 4.90 Å². The number of hydrogen-bond acceptors (Lipinski definition) is 9. The number of nitrogens with zero attached hydrogens (tertiary/aromatic N) is 6. The Morgan fingerprint density at radius 3 is 2.21 bits per heavy atom. The summed E-state index contributed by atoms with van der Waals surface area (Å²) < 4.78 is 62.4. The molecule has 4 heterocycles. The van der Waals surface area contributed by atoms with E-state index in [-0.39, 0.29) is 23.1 Å². The first kappa shape index (κ1) is 32.7. The van der Waals surface area contributed by atoms with Gasteiger partial charge in [0.15, 0.2) is 5.65 Å².